The van der Waals surface area contributed by atoms with E-state index in [2.05, 4.69) is 34.9 Å². The molecule has 0 saturated heterocycles. The molecule has 0 radical (unpaired) electrons. The van der Waals surface area contributed by atoms with Gasteiger partial charge in [-0.25, -0.2) is 0 Å². The molecule has 0 spiro atoms. The Morgan fingerprint density at radius 2 is 2.14 bits per heavy atom. The first-order valence-corrected chi connectivity index (χ1v) is 7.45. The number of rotatable bonds is 6. The molecule has 0 aromatic carbocycles. The van der Waals surface area contributed by atoms with Gasteiger partial charge < -0.3 is 10.6 Å². The van der Waals surface area contributed by atoms with Gasteiger partial charge in [-0.05, 0) is 39.3 Å². The van der Waals surface area contributed by atoms with E-state index in [9.17, 15) is 0 Å². The van der Waals surface area contributed by atoms with Crippen LogP contribution in [0.2, 0.25) is 0 Å². The molecule has 5 heteroatoms. The molecule has 2 N–H and O–H groups in total. The van der Waals surface area contributed by atoms with Gasteiger partial charge in [-0.1, -0.05) is 6.07 Å². The molecule has 2 aromatic rings. The van der Waals surface area contributed by atoms with E-state index < -0.39 is 0 Å². The third kappa shape index (κ3) is 3.61. The van der Waals surface area contributed by atoms with E-state index >= 15 is 0 Å². The number of aromatic nitrogens is 3. The molecule has 2 aromatic heterocycles. The van der Waals surface area contributed by atoms with E-state index in [0.717, 1.165) is 36.7 Å². The third-order valence-corrected chi connectivity index (χ3v) is 3.60. The lowest BCUT2D eigenvalue weighted by Gasteiger charge is -2.24. The van der Waals surface area contributed by atoms with Crippen molar-refractivity contribution < 1.29 is 0 Å². The van der Waals surface area contributed by atoms with Gasteiger partial charge in [0, 0.05) is 31.4 Å². The Kier molecular flexibility index (Phi) is 4.96. The number of hydrogen-bond donors (Lipinski definition) is 1. The number of aryl methyl sites for hydroxylation is 2. The van der Waals surface area contributed by atoms with Gasteiger partial charge in [0.15, 0.2) is 0 Å². The summed E-state index contributed by atoms with van der Waals surface area (Å²) in [4.78, 5) is 6.73. The molecule has 5 nitrogen and oxygen atoms in total. The zero-order valence-corrected chi connectivity index (χ0v) is 13.4. The predicted octanol–water partition coefficient (Wildman–Crippen LogP) is 2.04. The van der Waals surface area contributed by atoms with Crippen LogP contribution in [0.25, 0.3) is 0 Å². The lowest BCUT2D eigenvalue weighted by atomic mass is 10.1. The molecule has 2 heterocycles. The molecule has 0 saturated carbocycles. The number of nitrogens with zero attached hydrogens (tertiary/aromatic N) is 4. The van der Waals surface area contributed by atoms with Crippen molar-refractivity contribution in [3.8, 4) is 0 Å². The molecule has 0 aliphatic carbocycles. The van der Waals surface area contributed by atoms with Crippen LogP contribution in [0.15, 0.2) is 24.4 Å². The van der Waals surface area contributed by atoms with Crippen molar-refractivity contribution in [2.75, 3.05) is 11.4 Å². The second-order valence-corrected chi connectivity index (χ2v) is 5.53. The second-order valence-electron chi connectivity index (χ2n) is 5.53. The Hall–Kier alpha value is -1.88. The van der Waals surface area contributed by atoms with Crippen LogP contribution in [0, 0.1) is 6.92 Å². The zero-order valence-electron chi connectivity index (χ0n) is 13.4. The number of hydrogen-bond acceptors (Lipinski definition) is 4. The number of anilines is 1. The van der Waals surface area contributed by atoms with E-state index in [0.29, 0.717) is 0 Å². The smallest absolute Gasteiger partial charge is 0.130 e. The SMILES string of the molecule is CCN(Cc1ccccn1)c1c(CC(C)N)c(C)nn1C. The van der Waals surface area contributed by atoms with Crippen molar-refractivity contribution in [2.24, 2.45) is 12.8 Å². The average molecular weight is 287 g/mol. The maximum absolute atomic E-state index is 6.00. The summed E-state index contributed by atoms with van der Waals surface area (Å²) in [5.74, 6) is 1.15. The Balaban J connectivity index is 2.33. The van der Waals surface area contributed by atoms with Gasteiger partial charge in [0.1, 0.15) is 5.82 Å². The standard InChI is InChI=1S/C16H25N5/c1-5-21(11-14-8-6-7-9-18-14)16-15(10-12(2)17)13(3)19-20(16)4/h6-9,12H,5,10-11,17H2,1-4H3. The molecule has 0 aliphatic rings. The monoisotopic (exact) mass is 287 g/mol. The summed E-state index contributed by atoms with van der Waals surface area (Å²) in [6.45, 7) is 7.92. The molecule has 1 atom stereocenters. The van der Waals surface area contributed by atoms with Crippen LogP contribution < -0.4 is 10.6 Å². The van der Waals surface area contributed by atoms with Crippen LogP contribution in [0.5, 0.6) is 0 Å². The summed E-state index contributed by atoms with van der Waals surface area (Å²) in [5, 5.41) is 4.57. The summed E-state index contributed by atoms with van der Waals surface area (Å²) in [5.41, 5.74) is 9.36. The predicted molar refractivity (Wildman–Crippen MR) is 86.3 cm³/mol. The molecule has 0 amide bonds. The summed E-state index contributed by atoms with van der Waals surface area (Å²) < 4.78 is 1.96. The fourth-order valence-corrected chi connectivity index (χ4v) is 2.67. The van der Waals surface area contributed by atoms with Gasteiger partial charge in [-0.2, -0.15) is 5.10 Å². The number of nitrogens with two attached hydrogens (primary N) is 1. The lowest BCUT2D eigenvalue weighted by Crippen LogP contribution is -2.27. The molecule has 21 heavy (non-hydrogen) atoms. The molecular formula is C16H25N5. The molecule has 114 valence electrons. The average Bonchev–Trinajstić information content (AvgIpc) is 2.71. The maximum atomic E-state index is 6.00. The van der Waals surface area contributed by atoms with E-state index in [4.69, 9.17) is 5.73 Å². The van der Waals surface area contributed by atoms with Gasteiger partial charge in [0.25, 0.3) is 0 Å². The van der Waals surface area contributed by atoms with E-state index in [1.54, 1.807) is 0 Å². The van der Waals surface area contributed by atoms with Gasteiger partial charge in [-0.3, -0.25) is 9.67 Å². The first-order chi connectivity index (χ1) is 10.0. The quantitative estimate of drug-likeness (QED) is 0.883. The van der Waals surface area contributed by atoms with Crippen molar-refractivity contribution in [2.45, 2.75) is 39.8 Å². The summed E-state index contributed by atoms with van der Waals surface area (Å²) in [6, 6.07) is 6.14. The highest BCUT2D eigenvalue weighted by molar-refractivity contribution is 5.50. The van der Waals surface area contributed by atoms with Gasteiger partial charge >= 0.3 is 0 Å². The Morgan fingerprint density at radius 1 is 1.38 bits per heavy atom. The van der Waals surface area contributed by atoms with Crippen molar-refractivity contribution in [3.05, 3.63) is 41.3 Å². The summed E-state index contributed by atoms with van der Waals surface area (Å²) in [6.07, 6.45) is 2.67. The normalized spacial score (nSPS) is 12.4. The highest BCUT2D eigenvalue weighted by Crippen LogP contribution is 2.25. The second kappa shape index (κ2) is 6.72. The minimum Gasteiger partial charge on any atom is -0.351 e. The van der Waals surface area contributed by atoms with Crippen LogP contribution in [0.3, 0.4) is 0 Å². The molecular weight excluding hydrogens is 262 g/mol. The molecule has 2 rings (SSSR count). The third-order valence-electron chi connectivity index (χ3n) is 3.60. The molecule has 0 aliphatic heterocycles. The summed E-state index contributed by atoms with van der Waals surface area (Å²) in [7, 11) is 1.99. The van der Waals surface area contributed by atoms with E-state index in [-0.39, 0.29) is 6.04 Å². The molecule has 1 unspecified atom stereocenters. The van der Waals surface area contributed by atoms with Crippen molar-refractivity contribution in [1.29, 1.82) is 0 Å². The first-order valence-electron chi connectivity index (χ1n) is 7.45. The fraction of sp³-hybridized carbons (Fsp3) is 0.500. The Labute approximate surface area is 126 Å². The van der Waals surface area contributed by atoms with E-state index in [1.165, 1.54) is 5.56 Å². The minimum absolute atomic E-state index is 0.125. The molecule has 0 fully saturated rings. The van der Waals surface area contributed by atoms with Crippen molar-refractivity contribution >= 4 is 5.82 Å². The van der Waals surface area contributed by atoms with Gasteiger partial charge in [0.05, 0.1) is 17.9 Å². The first kappa shape index (κ1) is 15.5. The van der Waals surface area contributed by atoms with Crippen molar-refractivity contribution in [1.82, 2.24) is 14.8 Å². The minimum atomic E-state index is 0.125. The van der Waals surface area contributed by atoms with Crippen LogP contribution in [0.4, 0.5) is 5.82 Å². The highest BCUT2D eigenvalue weighted by atomic mass is 15.4. The number of pyridine rings is 1. The Morgan fingerprint density at radius 3 is 2.71 bits per heavy atom. The summed E-state index contributed by atoms with van der Waals surface area (Å²) >= 11 is 0. The highest BCUT2D eigenvalue weighted by Gasteiger charge is 2.19. The van der Waals surface area contributed by atoms with Crippen molar-refractivity contribution in [3.63, 3.8) is 0 Å². The fourth-order valence-electron chi connectivity index (χ4n) is 2.67. The van der Waals surface area contributed by atoms with Gasteiger partial charge in [0.2, 0.25) is 0 Å². The topological polar surface area (TPSA) is 60.0 Å². The maximum Gasteiger partial charge on any atom is 0.130 e. The van der Waals surface area contributed by atoms with Crippen LogP contribution >= 0.6 is 0 Å². The van der Waals surface area contributed by atoms with E-state index in [1.807, 2.05) is 37.0 Å². The lowest BCUT2D eigenvalue weighted by molar-refractivity contribution is 0.691. The largest absolute Gasteiger partial charge is 0.351 e. The Bertz CT molecular complexity index is 574. The zero-order chi connectivity index (χ0) is 15.4. The van der Waals surface area contributed by atoms with Crippen LogP contribution in [-0.4, -0.2) is 27.4 Å². The van der Waals surface area contributed by atoms with Crippen LogP contribution in [0.1, 0.15) is 30.8 Å². The van der Waals surface area contributed by atoms with Crippen LogP contribution in [-0.2, 0) is 20.0 Å². The van der Waals surface area contributed by atoms with Gasteiger partial charge in [-0.15, -0.1) is 0 Å². The molecule has 0 bridgehead atoms.